The van der Waals surface area contributed by atoms with Gasteiger partial charge in [-0.15, -0.1) is 0 Å². The first kappa shape index (κ1) is 11.5. The van der Waals surface area contributed by atoms with Gasteiger partial charge < -0.3 is 15.7 Å². The minimum atomic E-state index is -0.578. The van der Waals surface area contributed by atoms with Gasteiger partial charge in [0.25, 0.3) is 0 Å². The van der Waals surface area contributed by atoms with Crippen LogP contribution in [-0.2, 0) is 4.79 Å². The van der Waals surface area contributed by atoms with Crippen LogP contribution in [0.15, 0.2) is 0 Å². The molecule has 0 aliphatic carbocycles. The van der Waals surface area contributed by atoms with Gasteiger partial charge in [-0.25, -0.2) is 0 Å². The average molecular weight is 200 g/mol. The Morgan fingerprint density at radius 2 is 2.21 bits per heavy atom. The number of hydrogen-bond acceptors (Lipinski definition) is 3. The summed E-state index contributed by atoms with van der Waals surface area (Å²) in [7, 11) is 0. The van der Waals surface area contributed by atoms with Gasteiger partial charge in [-0.2, -0.15) is 0 Å². The summed E-state index contributed by atoms with van der Waals surface area (Å²) in [4.78, 5) is 11.2. The maximum Gasteiger partial charge on any atom is 0.220 e. The Balaban J connectivity index is 2.06. The van der Waals surface area contributed by atoms with Crippen molar-refractivity contribution < 1.29 is 9.90 Å². The Morgan fingerprint density at radius 3 is 2.64 bits per heavy atom. The second-order valence-corrected chi connectivity index (χ2v) is 4.53. The van der Waals surface area contributed by atoms with Gasteiger partial charge in [0.1, 0.15) is 0 Å². The van der Waals surface area contributed by atoms with Gasteiger partial charge in [0, 0.05) is 26.1 Å². The lowest BCUT2D eigenvalue weighted by Crippen LogP contribution is -2.60. The molecule has 4 heteroatoms. The van der Waals surface area contributed by atoms with Crippen molar-refractivity contribution in [3.8, 4) is 0 Å². The third-order valence-corrected chi connectivity index (χ3v) is 2.41. The molecule has 1 saturated heterocycles. The predicted octanol–water partition coefficient (Wildman–Crippen LogP) is -0.127. The van der Waals surface area contributed by atoms with Crippen LogP contribution in [0.5, 0.6) is 0 Å². The van der Waals surface area contributed by atoms with E-state index >= 15 is 0 Å². The molecule has 4 nitrogen and oxygen atoms in total. The van der Waals surface area contributed by atoms with Crippen LogP contribution in [0.2, 0.25) is 0 Å². The predicted molar refractivity (Wildman–Crippen MR) is 54.9 cm³/mol. The molecule has 0 bridgehead atoms. The van der Waals surface area contributed by atoms with Gasteiger partial charge >= 0.3 is 0 Å². The molecule has 1 amide bonds. The molecule has 0 unspecified atom stereocenters. The molecule has 1 aliphatic rings. The van der Waals surface area contributed by atoms with Gasteiger partial charge in [-0.1, -0.05) is 13.8 Å². The van der Waals surface area contributed by atoms with E-state index in [0.29, 0.717) is 38.4 Å². The van der Waals surface area contributed by atoms with Crippen LogP contribution in [0, 0.1) is 5.92 Å². The fraction of sp³-hybridized carbons (Fsp3) is 0.900. The Labute approximate surface area is 85.1 Å². The van der Waals surface area contributed by atoms with Gasteiger partial charge in [-0.05, 0) is 12.3 Å². The van der Waals surface area contributed by atoms with E-state index in [-0.39, 0.29) is 5.91 Å². The van der Waals surface area contributed by atoms with Crippen molar-refractivity contribution in [2.24, 2.45) is 5.92 Å². The van der Waals surface area contributed by atoms with Gasteiger partial charge in [0.15, 0.2) is 0 Å². The zero-order valence-electron chi connectivity index (χ0n) is 8.97. The molecule has 0 aromatic rings. The van der Waals surface area contributed by atoms with E-state index in [1.54, 1.807) is 0 Å². The number of aliphatic hydroxyl groups is 1. The molecule has 14 heavy (non-hydrogen) atoms. The average Bonchev–Trinajstić information content (AvgIpc) is 1.99. The molecule has 0 spiro atoms. The number of carbonyl (C=O) groups excluding carboxylic acids is 1. The first-order valence-corrected chi connectivity index (χ1v) is 5.22. The summed E-state index contributed by atoms with van der Waals surface area (Å²) in [6, 6.07) is 0. The molecule has 0 radical (unpaired) electrons. The van der Waals surface area contributed by atoms with Crippen molar-refractivity contribution in [1.82, 2.24) is 10.6 Å². The number of β-amino-alcohol motifs (C(OH)–C–C–N with tert-alkyl or cyclic N) is 1. The summed E-state index contributed by atoms with van der Waals surface area (Å²) in [6.45, 7) is 5.90. The molecule has 3 N–H and O–H groups in total. The summed E-state index contributed by atoms with van der Waals surface area (Å²) < 4.78 is 0. The van der Waals surface area contributed by atoms with Crippen molar-refractivity contribution in [2.75, 3.05) is 19.6 Å². The minimum Gasteiger partial charge on any atom is -0.387 e. The van der Waals surface area contributed by atoms with Crippen LogP contribution in [0.1, 0.15) is 26.7 Å². The molecule has 82 valence electrons. The van der Waals surface area contributed by atoms with Crippen LogP contribution in [0.3, 0.4) is 0 Å². The van der Waals surface area contributed by atoms with E-state index in [2.05, 4.69) is 10.6 Å². The lowest BCUT2D eigenvalue weighted by atomic mass is 9.93. The first-order chi connectivity index (χ1) is 6.52. The smallest absolute Gasteiger partial charge is 0.220 e. The molecule has 0 saturated carbocycles. The Hall–Kier alpha value is -0.610. The maximum atomic E-state index is 11.2. The van der Waals surface area contributed by atoms with Crippen LogP contribution in [-0.4, -0.2) is 36.2 Å². The minimum absolute atomic E-state index is 0.0795. The van der Waals surface area contributed by atoms with Crippen LogP contribution >= 0.6 is 0 Å². The van der Waals surface area contributed by atoms with Crippen molar-refractivity contribution in [2.45, 2.75) is 32.3 Å². The van der Waals surface area contributed by atoms with E-state index in [1.807, 2.05) is 13.8 Å². The molecule has 1 fully saturated rings. The van der Waals surface area contributed by atoms with E-state index in [4.69, 9.17) is 0 Å². The highest BCUT2D eigenvalue weighted by molar-refractivity contribution is 5.75. The lowest BCUT2D eigenvalue weighted by Gasteiger charge is -2.37. The Bertz CT molecular complexity index is 200. The highest BCUT2D eigenvalue weighted by atomic mass is 16.3. The summed E-state index contributed by atoms with van der Waals surface area (Å²) in [5.74, 6) is 0.472. The fourth-order valence-electron chi connectivity index (χ4n) is 1.47. The highest BCUT2D eigenvalue weighted by Crippen LogP contribution is 2.13. The topological polar surface area (TPSA) is 61.4 Å². The zero-order chi connectivity index (χ0) is 10.6. The monoisotopic (exact) mass is 200 g/mol. The van der Waals surface area contributed by atoms with Gasteiger partial charge in [0.2, 0.25) is 5.91 Å². The largest absolute Gasteiger partial charge is 0.387 e. The fourth-order valence-corrected chi connectivity index (χ4v) is 1.47. The number of hydrogen-bond donors (Lipinski definition) is 3. The van der Waals surface area contributed by atoms with E-state index < -0.39 is 5.60 Å². The SMILES string of the molecule is CC(C)CC(=O)NCCC1(O)CNC1. The molecule has 0 atom stereocenters. The normalized spacial score (nSPS) is 19.1. The maximum absolute atomic E-state index is 11.2. The summed E-state index contributed by atoms with van der Waals surface area (Å²) in [5, 5.41) is 15.5. The third kappa shape index (κ3) is 3.64. The van der Waals surface area contributed by atoms with Crippen molar-refractivity contribution in [3.05, 3.63) is 0 Å². The van der Waals surface area contributed by atoms with E-state index in [0.717, 1.165) is 0 Å². The molecular formula is C10H20N2O2. The Morgan fingerprint density at radius 1 is 1.57 bits per heavy atom. The quantitative estimate of drug-likeness (QED) is 0.579. The van der Waals surface area contributed by atoms with Crippen LogP contribution in [0.4, 0.5) is 0 Å². The zero-order valence-corrected chi connectivity index (χ0v) is 8.97. The standard InChI is InChI=1S/C10H20N2O2/c1-8(2)5-9(13)12-4-3-10(14)6-11-7-10/h8,11,14H,3-7H2,1-2H3,(H,12,13). The third-order valence-electron chi connectivity index (χ3n) is 2.41. The van der Waals surface area contributed by atoms with Gasteiger partial charge in [-0.3, -0.25) is 4.79 Å². The van der Waals surface area contributed by atoms with Crippen molar-refractivity contribution >= 4 is 5.91 Å². The molecule has 0 aromatic carbocycles. The first-order valence-electron chi connectivity index (χ1n) is 5.22. The van der Waals surface area contributed by atoms with E-state index in [1.165, 1.54) is 0 Å². The lowest BCUT2D eigenvalue weighted by molar-refractivity contribution is -0.122. The number of amides is 1. The van der Waals surface area contributed by atoms with Crippen molar-refractivity contribution in [1.29, 1.82) is 0 Å². The second-order valence-electron chi connectivity index (χ2n) is 4.53. The van der Waals surface area contributed by atoms with Crippen LogP contribution in [0.25, 0.3) is 0 Å². The molecule has 1 heterocycles. The number of nitrogens with one attached hydrogen (secondary N) is 2. The second kappa shape index (κ2) is 4.75. The van der Waals surface area contributed by atoms with Crippen LogP contribution < -0.4 is 10.6 Å². The molecule has 0 aromatic heterocycles. The Kier molecular flexibility index (Phi) is 3.89. The van der Waals surface area contributed by atoms with E-state index in [9.17, 15) is 9.90 Å². The summed E-state index contributed by atoms with van der Waals surface area (Å²) >= 11 is 0. The summed E-state index contributed by atoms with van der Waals surface area (Å²) in [6.07, 6.45) is 1.21. The summed E-state index contributed by atoms with van der Waals surface area (Å²) in [5.41, 5.74) is -0.578. The van der Waals surface area contributed by atoms with Crippen molar-refractivity contribution in [3.63, 3.8) is 0 Å². The molecular weight excluding hydrogens is 180 g/mol. The molecule has 1 rings (SSSR count). The number of rotatable bonds is 5. The highest BCUT2D eigenvalue weighted by Gasteiger charge is 2.33. The molecule has 1 aliphatic heterocycles. The van der Waals surface area contributed by atoms with Gasteiger partial charge in [0.05, 0.1) is 5.60 Å². The number of carbonyl (C=O) groups is 1.